The number of carbonyl (C=O) groups is 1. The first kappa shape index (κ1) is 14.8. The van der Waals surface area contributed by atoms with Crippen LogP contribution in [0, 0.1) is 6.92 Å². The van der Waals surface area contributed by atoms with Gasteiger partial charge in [-0.05, 0) is 37.3 Å². The Morgan fingerprint density at radius 3 is 2.70 bits per heavy atom. The number of H-pyrrole nitrogens is 1. The highest BCUT2D eigenvalue weighted by Crippen LogP contribution is 2.28. The quantitative estimate of drug-likeness (QED) is 0.775. The molecule has 2 aromatic carbocycles. The number of hydrogen-bond acceptors (Lipinski definition) is 4. The van der Waals surface area contributed by atoms with Crippen LogP contribution in [0.2, 0.25) is 0 Å². The Bertz CT molecular complexity index is 976. The van der Waals surface area contributed by atoms with Crippen molar-refractivity contribution in [1.82, 2.24) is 9.97 Å². The second kappa shape index (κ2) is 5.57. The molecule has 3 aromatic rings. The number of ether oxygens (including phenoxy) is 1. The lowest BCUT2D eigenvalue weighted by Gasteiger charge is -2.09. The molecular weight excluding hydrogens is 296 g/mol. The molecule has 0 aliphatic heterocycles. The molecule has 0 radical (unpaired) electrons. The Kier molecular flexibility index (Phi) is 3.57. The van der Waals surface area contributed by atoms with Gasteiger partial charge in [-0.15, -0.1) is 0 Å². The Morgan fingerprint density at radius 1 is 1.22 bits per heavy atom. The maximum atomic E-state index is 12.3. The summed E-state index contributed by atoms with van der Waals surface area (Å²) in [5, 5.41) is 9.25. The van der Waals surface area contributed by atoms with Gasteiger partial charge < -0.3 is 14.8 Å². The van der Waals surface area contributed by atoms with Crippen LogP contribution in [0.25, 0.3) is 22.3 Å². The van der Waals surface area contributed by atoms with Gasteiger partial charge in [-0.1, -0.05) is 11.6 Å². The van der Waals surface area contributed by atoms with Crippen LogP contribution in [0.3, 0.4) is 0 Å². The Morgan fingerprint density at radius 2 is 2.00 bits per heavy atom. The highest BCUT2D eigenvalue weighted by atomic mass is 16.5. The van der Waals surface area contributed by atoms with Gasteiger partial charge in [0.05, 0.1) is 29.1 Å². The van der Waals surface area contributed by atoms with Crippen LogP contribution in [0.15, 0.2) is 41.2 Å². The van der Waals surface area contributed by atoms with E-state index in [9.17, 15) is 9.59 Å². The second-order valence-electron chi connectivity index (χ2n) is 5.16. The number of aromatic nitrogens is 2. The zero-order valence-electron chi connectivity index (χ0n) is 12.6. The minimum atomic E-state index is -1.09. The maximum Gasteiger partial charge on any atom is 0.335 e. The number of aryl methyl sites for hydroxylation is 1. The lowest BCUT2D eigenvalue weighted by molar-refractivity contribution is 0.0697. The first-order valence-corrected chi connectivity index (χ1v) is 6.92. The van der Waals surface area contributed by atoms with E-state index in [1.807, 2.05) is 25.1 Å². The lowest BCUT2D eigenvalue weighted by Crippen LogP contribution is -2.11. The van der Waals surface area contributed by atoms with Gasteiger partial charge in [-0.2, -0.15) is 0 Å². The van der Waals surface area contributed by atoms with Crippen molar-refractivity contribution in [1.29, 1.82) is 0 Å². The average molecular weight is 310 g/mol. The van der Waals surface area contributed by atoms with E-state index in [2.05, 4.69) is 9.97 Å². The van der Waals surface area contributed by atoms with Crippen LogP contribution in [-0.2, 0) is 0 Å². The van der Waals surface area contributed by atoms with Gasteiger partial charge in [0.2, 0.25) is 0 Å². The van der Waals surface area contributed by atoms with Crippen molar-refractivity contribution in [2.75, 3.05) is 7.11 Å². The molecule has 0 aliphatic carbocycles. The third-order valence-electron chi connectivity index (χ3n) is 3.56. The highest BCUT2D eigenvalue weighted by molar-refractivity contribution is 5.93. The zero-order chi connectivity index (χ0) is 16.6. The average Bonchev–Trinajstić information content (AvgIpc) is 2.54. The van der Waals surface area contributed by atoms with Crippen LogP contribution >= 0.6 is 0 Å². The minimum absolute atomic E-state index is 0.0469. The molecule has 23 heavy (non-hydrogen) atoms. The maximum absolute atomic E-state index is 12.3. The van der Waals surface area contributed by atoms with Crippen molar-refractivity contribution in [2.24, 2.45) is 0 Å². The van der Waals surface area contributed by atoms with E-state index in [4.69, 9.17) is 9.84 Å². The fourth-order valence-electron chi connectivity index (χ4n) is 2.41. The summed E-state index contributed by atoms with van der Waals surface area (Å²) in [6, 6.07) is 9.85. The fourth-order valence-corrected chi connectivity index (χ4v) is 2.41. The van der Waals surface area contributed by atoms with E-state index < -0.39 is 11.5 Å². The van der Waals surface area contributed by atoms with E-state index in [1.54, 1.807) is 7.11 Å². The number of aromatic amines is 1. The third-order valence-corrected chi connectivity index (χ3v) is 3.56. The van der Waals surface area contributed by atoms with Crippen molar-refractivity contribution in [3.63, 3.8) is 0 Å². The predicted molar refractivity (Wildman–Crippen MR) is 86.0 cm³/mol. The summed E-state index contributed by atoms with van der Waals surface area (Å²) in [5.74, 6) is -0.109. The van der Waals surface area contributed by atoms with Crippen molar-refractivity contribution >= 4 is 16.9 Å². The Labute approximate surface area is 131 Å². The van der Waals surface area contributed by atoms with Crippen LogP contribution in [0.5, 0.6) is 5.75 Å². The molecule has 0 amide bonds. The molecule has 3 rings (SSSR count). The monoisotopic (exact) mass is 310 g/mol. The lowest BCUT2D eigenvalue weighted by atomic mass is 10.1. The van der Waals surface area contributed by atoms with Crippen LogP contribution < -0.4 is 10.3 Å². The molecule has 2 N–H and O–H groups in total. The molecular formula is C17H14N2O4. The molecule has 0 bridgehead atoms. The highest BCUT2D eigenvalue weighted by Gasteiger charge is 2.12. The molecule has 0 unspecified atom stereocenters. The molecule has 0 saturated carbocycles. The molecule has 6 nitrogen and oxygen atoms in total. The Balaban J connectivity index is 2.25. The molecule has 0 aliphatic rings. The van der Waals surface area contributed by atoms with Crippen LogP contribution in [0.1, 0.15) is 15.9 Å². The number of nitrogens with one attached hydrogen (secondary N) is 1. The predicted octanol–water partition coefficient (Wildman–Crippen LogP) is 2.61. The molecule has 6 heteroatoms. The number of rotatable bonds is 3. The number of carboxylic acids is 1. The van der Waals surface area contributed by atoms with Gasteiger partial charge in [0.1, 0.15) is 11.6 Å². The van der Waals surface area contributed by atoms with Crippen molar-refractivity contribution in [3.8, 4) is 17.1 Å². The molecule has 0 atom stereocenters. The van der Waals surface area contributed by atoms with Crippen LogP contribution in [-0.4, -0.2) is 28.2 Å². The fraction of sp³-hybridized carbons (Fsp3) is 0.118. The topological polar surface area (TPSA) is 92.3 Å². The van der Waals surface area contributed by atoms with E-state index in [0.717, 1.165) is 5.56 Å². The van der Waals surface area contributed by atoms with Gasteiger partial charge in [0.25, 0.3) is 5.56 Å². The summed E-state index contributed by atoms with van der Waals surface area (Å²) in [6.07, 6.45) is 0. The molecule has 1 aromatic heterocycles. The SMILES string of the molecule is COc1ccc(C)cc1-c1nc2ccc(C(=O)O)cc2c(=O)[nH]1. The van der Waals surface area contributed by atoms with E-state index in [-0.39, 0.29) is 10.9 Å². The summed E-state index contributed by atoms with van der Waals surface area (Å²) >= 11 is 0. The summed E-state index contributed by atoms with van der Waals surface area (Å²) in [5.41, 5.74) is 1.76. The van der Waals surface area contributed by atoms with E-state index in [0.29, 0.717) is 22.7 Å². The van der Waals surface area contributed by atoms with Gasteiger partial charge in [-0.3, -0.25) is 4.79 Å². The number of fused-ring (bicyclic) bond motifs is 1. The number of hydrogen-bond donors (Lipinski definition) is 2. The summed E-state index contributed by atoms with van der Waals surface area (Å²) in [6.45, 7) is 1.93. The second-order valence-corrected chi connectivity index (χ2v) is 5.16. The number of benzene rings is 2. The summed E-state index contributed by atoms with van der Waals surface area (Å²) in [4.78, 5) is 30.4. The number of aromatic carboxylic acids is 1. The van der Waals surface area contributed by atoms with Crippen molar-refractivity contribution in [2.45, 2.75) is 6.92 Å². The van der Waals surface area contributed by atoms with Gasteiger partial charge in [-0.25, -0.2) is 9.78 Å². The Hall–Kier alpha value is -3.15. The third kappa shape index (κ3) is 2.66. The number of carboxylic acid groups (broad SMARTS) is 1. The standard InChI is InChI=1S/C17H14N2O4/c1-9-3-6-14(23-2)12(7-9)15-18-13-5-4-10(17(21)22)8-11(13)16(20)19-15/h3-8H,1-2H3,(H,21,22)(H,18,19,20). The summed E-state index contributed by atoms with van der Waals surface area (Å²) in [7, 11) is 1.55. The normalized spacial score (nSPS) is 10.7. The number of methoxy groups -OCH3 is 1. The first-order valence-electron chi connectivity index (χ1n) is 6.92. The van der Waals surface area contributed by atoms with E-state index in [1.165, 1.54) is 18.2 Å². The van der Waals surface area contributed by atoms with Gasteiger partial charge in [0, 0.05) is 0 Å². The van der Waals surface area contributed by atoms with Crippen molar-refractivity contribution in [3.05, 3.63) is 57.9 Å². The molecule has 0 fully saturated rings. The van der Waals surface area contributed by atoms with Crippen molar-refractivity contribution < 1.29 is 14.6 Å². The molecule has 116 valence electrons. The molecule has 0 saturated heterocycles. The molecule has 1 heterocycles. The van der Waals surface area contributed by atoms with E-state index >= 15 is 0 Å². The smallest absolute Gasteiger partial charge is 0.335 e. The number of nitrogens with zero attached hydrogens (tertiary/aromatic N) is 1. The minimum Gasteiger partial charge on any atom is -0.496 e. The zero-order valence-corrected chi connectivity index (χ0v) is 12.6. The van der Waals surface area contributed by atoms with Gasteiger partial charge in [0.15, 0.2) is 0 Å². The van der Waals surface area contributed by atoms with Gasteiger partial charge >= 0.3 is 5.97 Å². The first-order chi connectivity index (χ1) is 11.0. The largest absolute Gasteiger partial charge is 0.496 e. The molecule has 0 spiro atoms. The summed E-state index contributed by atoms with van der Waals surface area (Å²) < 4.78 is 5.32. The van der Waals surface area contributed by atoms with Crippen LogP contribution in [0.4, 0.5) is 0 Å².